The van der Waals surface area contributed by atoms with E-state index >= 15 is 0 Å². The Morgan fingerprint density at radius 2 is 1.79 bits per heavy atom. The van der Waals surface area contributed by atoms with E-state index in [9.17, 15) is 9.59 Å². The van der Waals surface area contributed by atoms with Gasteiger partial charge < -0.3 is 20.1 Å². The van der Waals surface area contributed by atoms with Crippen LogP contribution in [-0.4, -0.2) is 28.6 Å². The normalized spacial score (nSPS) is 10.7. The Balaban J connectivity index is 1.38. The molecule has 0 bridgehead atoms. The molecule has 0 spiro atoms. The number of nitrogens with one attached hydrogen (secondary N) is 2. The first-order chi connectivity index (χ1) is 13.6. The van der Waals surface area contributed by atoms with Gasteiger partial charge >= 0.3 is 5.97 Å². The van der Waals surface area contributed by atoms with Crippen LogP contribution in [0.15, 0.2) is 54.7 Å². The number of carboxylic acid groups (broad SMARTS) is 1. The highest BCUT2D eigenvalue weighted by Crippen LogP contribution is 2.16. The summed E-state index contributed by atoms with van der Waals surface area (Å²) in [7, 11) is 0. The molecule has 6 nitrogen and oxygen atoms in total. The third-order valence-electron chi connectivity index (χ3n) is 4.48. The number of amides is 1. The van der Waals surface area contributed by atoms with Crippen molar-refractivity contribution >= 4 is 22.8 Å². The predicted octanol–water partition coefficient (Wildman–Crippen LogP) is 3.66. The Bertz CT molecular complexity index is 931. The maximum absolute atomic E-state index is 12.1. The summed E-state index contributed by atoms with van der Waals surface area (Å²) < 4.78 is 5.50. The van der Waals surface area contributed by atoms with Gasteiger partial charge in [0.2, 0.25) is 5.91 Å². The van der Waals surface area contributed by atoms with Crippen LogP contribution in [0.25, 0.3) is 10.9 Å². The van der Waals surface area contributed by atoms with Crippen molar-refractivity contribution in [3.05, 3.63) is 65.9 Å². The number of hydrogen-bond donors (Lipinski definition) is 3. The summed E-state index contributed by atoms with van der Waals surface area (Å²) in [5.41, 5.74) is 3.23. The summed E-state index contributed by atoms with van der Waals surface area (Å²) in [5, 5.41) is 12.7. The van der Waals surface area contributed by atoms with Crippen LogP contribution in [0.4, 0.5) is 0 Å². The minimum Gasteiger partial charge on any atom is -0.494 e. The Morgan fingerprint density at radius 1 is 1.00 bits per heavy atom. The molecular weight excluding hydrogens is 356 g/mol. The molecule has 3 aromatic rings. The summed E-state index contributed by atoms with van der Waals surface area (Å²) in [6, 6.07) is 15.7. The lowest BCUT2D eigenvalue weighted by Gasteiger charge is -2.08. The largest absolute Gasteiger partial charge is 0.494 e. The summed E-state index contributed by atoms with van der Waals surface area (Å²) >= 11 is 0. The lowest BCUT2D eigenvalue weighted by atomic mass is 10.1. The number of ether oxygens (including phenoxy) is 1. The van der Waals surface area contributed by atoms with Gasteiger partial charge in [0.05, 0.1) is 6.61 Å². The van der Waals surface area contributed by atoms with E-state index in [0.717, 1.165) is 22.0 Å². The molecular formula is C22H24N2O4. The summed E-state index contributed by atoms with van der Waals surface area (Å²) in [4.78, 5) is 25.7. The van der Waals surface area contributed by atoms with E-state index in [4.69, 9.17) is 9.84 Å². The zero-order valence-electron chi connectivity index (χ0n) is 15.6. The molecule has 0 unspecified atom stereocenters. The topological polar surface area (TPSA) is 91.4 Å². The van der Waals surface area contributed by atoms with E-state index < -0.39 is 5.97 Å². The third-order valence-corrected chi connectivity index (χ3v) is 4.48. The first kappa shape index (κ1) is 19.5. The fourth-order valence-electron chi connectivity index (χ4n) is 2.92. The molecule has 0 saturated carbocycles. The number of hydrogen-bond acceptors (Lipinski definition) is 3. The van der Waals surface area contributed by atoms with Crippen LogP contribution >= 0.6 is 0 Å². The molecule has 28 heavy (non-hydrogen) atoms. The first-order valence-electron chi connectivity index (χ1n) is 9.36. The summed E-state index contributed by atoms with van der Waals surface area (Å²) in [5.74, 6) is -0.108. The molecule has 1 aromatic heterocycles. The minimum absolute atomic E-state index is 0.0168. The lowest BCUT2D eigenvalue weighted by Crippen LogP contribution is -2.22. The number of carbonyl (C=O) groups is 2. The first-order valence-corrected chi connectivity index (χ1v) is 9.36. The van der Waals surface area contributed by atoms with Crippen LogP contribution in [0, 0.1) is 0 Å². The van der Waals surface area contributed by atoms with Crippen LogP contribution in [-0.2, 0) is 22.6 Å². The van der Waals surface area contributed by atoms with Crippen molar-refractivity contribution in [2.45, 2.75) is 32.2 Å². The molecule has 0 aliphatic carbocycles. The number of fused-ring (bicyclic) bond motifs is 1. The van der Waals surface area contributed by atoms with E-state index in [-0.39, 0.29) is 12.3 Å². The summed E-state index contributed by atoms with van der Waals surface area (Å²) in [6.07, 6.45) is 3.64. The van der Waals surface area contributed by atoms with E-state index in [1.807, 2.05) is 48.7 Å². The standard InChI is InChI=1S/C22H24N2O4/c25-21(10-6-16-5-9-20-18(14-16)11-12-23-20)24-15-17-3-7-19(8-4-17)28-13-1-2-22(26)27/h3-5,7-9,11-12,14,23H,1-2,6,10,13,15H2,(H,24,25)(H,26,27). The molecule has 0 aliphatic heterocycles. The van der Waals surface area contributed by atoms with Crippen molar-refractivity contribution in [2.75, 3.05) is 6.61 Å². The molecule has 0 fully saturated rings. The Labute approximate surface area is 163 Å². The summed E-state index contributed by atoms with van der Waals surface area (Å²) in [6.45, 7) is 0.839. The van der Waals surface area contributed by atoms with E-state index in [1.54, 1.807) is 0 Å². The fraction of sp³-hybridized carbons (Fsp3) is 0.273. The predicted molar refractivity (Wildman–Crippen MR) is 107 cm³/mol. The Kier molecular flexibility index (Phi) is 6.68. The van der Waals surface area contributed by atoms with Gasteiger partial charge in [0.1, 0.15) is 5.75 Å². The Morgan fingerprint density at radius 3 is 2.57 bits per heavy atom. The number of aromatic nitrogens is 1. The highest BCUT2D eigenvalue weighted by atomic mass is 16.5. The average molecular weight is 380 g/mol. The molecule has 3 N–H and O–H groups in total. The van der Waals surface area contributed by atoms with Gasteiger partial charge in [0.15, 0.2) is 0 Å². The second-order valence-corrected chi connectivity index (χ2v) is 6.67. The zero-order valence-corrected chi connectivity index (χ0v) is 15.6. The van der Waals surface area contributed by atoms with Gasteiger partial charge in [-0.25, -0.2) is 0 Å². The maximum Gasteiger partial charge on any atom is 0.303 e. The number of H-pyrrole nitrogens is 1. The van der Waals surface area contributed by atoms with Gasteiger partial charge in [-0.3, -0.25) is 9.59 Å². The molecule has 1 heterocycles. The number of aromatic amines is 1. The van der Waals surface area contributed by atoms with E-state index in [0.29, 0.717) is 38.2 Å². The maximum atomic E-state index is 12.1. The monoisotopic (exact) mass is 380 g/mol. The number of carboxylic acids is 1. The second kappa shape index (κ2) is 9.60. The van der Waals surface area contributed by atoms with Gasteiger partial charge in [0.25, 0.3) is 0 Å². The molecule has 146 valence electrons. The number of aryl methyl sites for hydroxylation is 1. The average Bonchev–Trinajstić information content (AvgIpc) is 3.16. The fourth-order valence-corrected chi connectivity index (χ4v) is 2.92. The van der Waals surface area contributed by atoms with Crippen molar-refractivity contribution < 1.29 is 19.4 Å². The van der Waals surface area contributed by atoms with Crippen molar-refractivity contribution in [1.29, 1.82) is 0 Å². The molecule has 1 amide bonds. The lowest BCUT2D eigenvalue weighted by molar-refractivity contribution is -0.137. The number of rotatable bonds is 10. The third kappa shape index (κ3) is 5.87. The smallest absolute Gasteiger partial charge is 0.303 e. The highest BCUT2D eigenvalue weighted by Gasteiger charge is 2.04. The van der Waals surface area contributed by atoms with Crippen molar-refractivity contribution in [3.63, 3.8) is 0 Å². The second-order valence-electron chi connectivity index (χ2n) is 6.67. The highest BCUT2D eigenvalue weighted by molar-refractivity contribution is 5.80. The number of benzene rings is 2. The quantitative estimate of drug-likeness (QED) is 0.468. The number of carbonyl (C=O) groups excluding carboxylic acids is 1. The van der Waals surface area contributed by atoms with Crippen molar-refractivity contribution in [3.8, 4) is 5.75 Å². The molecule has 0 atom stereocenters. The number of aliphatic carboxylic acids is 1. The van der Waals surface area contributed by atoms with E-state index in [2.05, 4.69) is 16.4 Å². The molecule has 0 aliphatic rings. The van der Waals surface area contributed by atoms with Crippen LogP contribution in [0.2, 0.25) is 0 Å². The van der Waals surface area contributed by atoms with Gasteiger partial charge in [-0.15, -0.1) is 0 Å². The Hall–Kier alpha value is -3.28. The van der Waals surface area contributed by atoms with Crippen LogP contribution in [0.3, 0.4) is 0 Å². The van der Waals surface area contributed by atoms with Crippen molar-refractivity contribution in [1.82, 2.24) is 10.3 Å². The SMILES string of the molecule is O=C(O)CCCOc1ccc(CNC(=O)CCc2ccc3[nH]ccc3c2)cc1. The van der Waals surface area contributed by atoms with Crippen LogP contribution < -0.4 is 10.1 Å². The molecule has 3 rings (SSSR count). The molecule has 2 aromatic carbocycles. The molecule has 0 radical (unpaired) electrons. The van der Waals surface area contributed by atoms with Gasteiger partial charge in [-0.05, 0) is 59.7 Å². The van der Waals surface area contributed by atoms with Crippen molar-refractivity contribution in [2.24, 2.45) is 0 Å². The van der Waals surface area contributed by atoms with Gasteiger partial charge in [0, 0.05) is 31.1 Å². The van der Waals surface area contributed by atoms with Crippen LogP contribution in [0.1, 0.15) is 30.4 Å². The minimum atomic E-state index is -0.820. The zero-order chi connectivity index (χ0) is 19.8. The molecule has 6 heteroatoms. The van der Waals surface area contributed by atoms with Gasteiger partial charge in [-0.2, -0.15) is 0 Å². The van der Waals surface area contributed by atoms with Gasteiger partial charge in [-0.1, -0.05) is 18.2 Å². The molecule has 0 saturated heterocycles. The van der Waals surface area contributed by atoms with Crippen LogP contribution in [0.5, 0.6) is 5.75 Å². The van der Waals surface area contributed by atoms with E-state index in [1.165, 1.54) is 0 Å².